The number of unbranched alkanes of at least 4 members (excludes halogenated alkanes) is 3. The maximum atomic E-state index is 11.6. The fourth-order valence-corrected chi connectivity index (χ4v) is 1.99. The lowest BCUT2D eigenvalue weighted by atomic mass is 10.2. The highest BCUT2D eigenvalue weighted by atomic mass is 16.5. The predicted octanol–water partition coefficient (Wildman–Crippen LogP) is 2.69. The summed E-state index contributed by atoms with van der Waals surface area (Å²) in [6, 6.07) is 0. The third kappa shape index (κ3) is 11.0. The third-order valence-corrected chi connectivity index (χ3v) is 3.77. The zero-order chi connectivity index (χ0) is 18.4. The molecular weight excluding hydrogens is 310 g/mol. The first kappa shape index (κ1) is 22.4. The van der Waals surface area contributed by atoms with Crippen LogP contribution < -0.4 is 5.32 Å². The van der Waals surface area contributed by atoms with Crippen molar-refractivity contribution in [3.05, 3.63) is 11.8 Å². The summed E-state index contributed by atoms with van der Waals surface area (Å²) in [6.45, 7) is 7.13. The summed E-state index contributed by atoms with van der Waals surface area (Å²) in [5, 5.41) is 23.8. The van der Waals surface area contributed by atoms with E-state index in [1.54, 1.807) is 0 Å². The van der Waals surface area contributed by atoms with E-state index in [0.29, 0.717) is 24.7 Å². The molecule has 0 rings (SSSR count). The van der Waals surface area contributed by atoms with Crippen molar-refractivity contribution in [2.75, 3.05) is 19.6 Å². The zero-order valence-corrected chi connectivity index (χ0v) is 15.3. The van der Waals surface area contributed by atoms with Crippen LogP contribution in [-0.4, -0.2) is 52.0 Å². The first-order valence-corrected chi connectivity index (χ1v) is 8.77. The number of hydrogen-bond donors (Lipinski definition) is 3. The number of hydrogen-bond acceptors (Lipinski definition) is 5. The molecule has 0 aromatic rings. The number of amides is 2. The van der Waals surface area contributed by atoms with Gasteiger partial charge >= 0.3 is 0 Å². The Labute approximate surface area is 145 Å². The van der Waals surface area contributed by atoms with Gasteiger partial charge in [-0.3, -0.25) is 25.1 Å². The molecule has 0 unspecified atom stereocenters. The molecule has 24 heavy (non-hydrogen) atoms. The van der Waals surface area contributed by atoms with Gasteiger partial charge < -0.3 is 5.32 Å². The van der Waals surface area contributed by atoms with E-state index in [2.05, 4.69) is 5.32 Å². The molecule has 0 aliphatic heterocycles. The number of nitrogens with zero attached hydrogens (tertiary/aromatic N) is 2. The minimum atomic E-state index is -0.416. The molecule has 0 heterocycles. The normalized spacial score (nSPS) is 11.3. The van der Waals surface area contributed by atoms with Gasteiger partial charge in [0.05, 0.1) is 0 Å². The summed E-state index contributed by atoms with van der Waals surface area (Å²) in [5.74, 6) is -0.596. The van der Waals surface area contributed by atoms with Crippen LogP contribution in [0.25, 0.3) is 0 Å². The van der Waals surface area contributed by atoms with Gasteiger partial charge in [0.25, 0.3) is 0 Å². The van der Waals surface area contributed by atoms with E-state index in [0.717, 1.165) is 37.8 Å². The predicted molar refractivity (Wildman–Crippen MR) is 92.4 cm³/mol. The van der Waals surface area contributed by atoms with Crippen molar-refractivity contribution in [3.8, 4) is 0 Å². The van der Waals surface area contributed by atoms with E-state index in [1.165, 1.54) is 5.06 Å². The number of rotatable bonds is 13. The van der Waals surface area contributed by atoms with Crippen molar-refractivity contribution in [1.82, 2.24) is 15.4 Å². The molecule has 7 nitrogen and oxygen atoms in total. The van der Waals surface area contributed by atoms with Crippen LogP contribution in [0.1, 0.15) is 65.7 Å². The van der Waals surface area contributed by atoms with Crippen LogP contribution in [0, 0.1) is 0 Å². The Hall–Kier alpha value is -1.60. The van der Waals surface area contributed by atoms with Crippen LogP contribution in [0.3, 0.4) is 0 Å². The second-order valence-electron chi connectivity index (χ2n) is 5.83. The largest absolute Gasteiger partial charge is 0.356 e. The minimum Gasteiger partial charge on any atom is -0.356 e. The van der Waals surface area contributed by atoms with E-state index in [9.17, 15) is 20.0 Å². The van der Waals surface area contributed by atoms with Gasteiger partial charge in [0.2, 0.25) is 11.8 Å². The smallest absolute Gasteiger partial charge is 0.246 e. The average Bonchev–Trinajstić information content (AvgIpc) is 2.59. The topological polar surface area (TPSA) is 93.1 Å². The maximum Gasteiger partial charge on any atom is 0.246 e. The molecule has 0 aliphatic rings. The summed E-state index contributed by atoms with van der Waals surface area (Å²) in [6.07, 6.45) is 6.16. The number of allylic oxidation sites excluding steroid dienone is 2. The summed E-state index contributed by atoms with van der Waals surface area (Å²) in [7, 11) is 0. The van der Waals surface area contributed by atoms with Crippen molar-refractivity contribution in [3.63, 3.8) is 0 Å². The van der Waals surface area contributed by atoms with E-state index in [1.807, 2.05) is 26.8 Å². The Bertz CT molecular complexity index is 399. The van der Waals surface area contributed by atoms with E-state index >= 15 is 0 Å². The fraction of sp³-hybridized carbons (Fsp3) is 0.765. The van der Waals surface area contributed by atoms with Crippen LogP contribution in [0.2, 0.25) is 0 Å². The SMILES string of the molecule is C/C=C(\C)N(O)CCCCCNC(=O)CCC(=O)N(O)CCCC. The molecule has 0 spiro atoms. The van der Waals surface area contributed by atoms with E-state index in [4.69, 9.17) is 0 Å². The Morgan fingerprint density at radius 3 is 2.29 bits per heavy atom. The van der Waals surface area contributed by atoms with Gasteiger partial charge in [-0.1, -0.05) is 19.4 Å². The molecule has 140 valence electrons. The maximum absolute atomic E-state index is 11.6. The molecule has 0 aromatic heterocycles. The average molecular weight is 343 g/mol. The molecule has 2 amide bonds. The first-order chi connectivity index (χ1) is 11.4. The number of hydroxylamine groups is 4. The second-order valence-corrected chi connectivity index (χ2v) is 5.83. The van der Waals surface area contributed by atoms with Gasteiger partial charge in [0, 0.05) is 38.2 Å². The molecule has 0 aliphatic carbocycles. The lowest BCUT2D eigenvalue weighted by Crippen LogP contribution is -2.31. The van der Waals surface area contributed by atoms with Crippen molar-refractivity contribution < 1.29 is 20.0 Å². The monoisotopic (exact) mass is 343 g/mol. The highest BCUT2D eigenvalue weighted by Gasteiger charge is 2.12. The molecule has 0 saturated heterocycles. The number of carbonyl (C=O) groups is 2. The van der Waals surface area contributed by atoms with Crippen LogP contribution in [0.15, 0.2) is 11.8 Å². The Balaban J connectivity index is 3.65. The van der Waals surface area contributed by atoms with Crippen LogP contribution in [0.4, 0.5) is 0 Å². The van der Waals surface area contributed by atoms with Gasteiger partial charge in [0.1, 0.15) is 0 Å². The van der Waals surface area contributed by atoms with Crippen LogP contribution in [-0.2, 0) is 9.59 Å². The van der Waals surface area contributed by atoms with Gasteiger partial charge in [-0.2, -0.15) is 0 Å². The number of nitrogens with one attached hydrogen (secondary N) is 1. The van der Waals surface area contributed by atoms with Crippen LogP contribution in [0.5, 0.6) is 0 Å². The Kier molecular flexibility index (Phi) is 12.9. The first-order valence-electron chi connectivity index (χ1n) is 8.77. The van der Waals surface area contributed by atoms with Gasteiger partial charge in [0.15, 0.2) is 0 Å². The van der Waals surface area contributed by atoms with Gasteiger partial charge in [-0.15, -0.1) is 0 Å². The molecule has 7 heteroatoms. The summed E-state index contributed by atoms with van der Waals surface area (Å²) < 4.78 is 0. The quantitative estimate of drug-likeness (QED) is 0.272. The highest BCUT2D eigenvalue weighted by molar-refractivity contribution is 5.83. The summed E-state index contributed by atoms with van der Waals surface area (Å²) >= 11 is 0. The molecule has 0 aromatic carbocycles. The van der Waals surface area contributed by atoms with Gasteiger partial charge in [-0.25, -0.2) is 5.06 Å². The Morgan fingerprint density at radius 1 is 1.00 bits per heavy atom. The van der Waals surface area contributed by atoms with Gasteiger partial charge in [-0.05, 0) is 39.5 Å². The zero-order valence-electron chi connectivity index (χ0n) is 15.3. The third-order valence-electron chi connectivity index (χ3n) is 3.77. The van der Waals surface area contributed by atoms with Crippen molar-refractivity contribution in [2.45, 2.75) is 65.7 Å². The molecule has 0 radical (unpaired) electrons. The molecule has 0 atom stereocenters. The van der Waals surface area contributed by atoms with E-state index in [-0.39, 0.29) is 18.7 Å². The Morgan fingerprint density at radius 2 is 1.67 bits per heavy atom. The molecule has 3 N–H and O–H groups in total. The molecule has 0 fully saturated rings. The highest BCUT2D eigenvalue weighted by Crippen LogP contribution is 2.03. The second kappa shape index (κ2) is 13.8. The van der Waals surface area contributed by atoms with Crippen molar-refractivity contribution in [2.24, 2.45) is 0 Å². The molecule has 0 bridgehead atoms. The van der Waals surface area contributed by atoms with Crippen LogP contribution >= 0.6 is 0 Å². The van der Waals surface area contributed by atoms with Crippen molar-refractivity contribution in [1.29, 1.82) is 0 Å². The van der Waals surface area contributed by atoms with Crippen molar-refractivity contribution >= 4 is 11.8 Å². The fourth-order valence-electron chi connectivity index (χ4n) is 1.99. The standard InChI is InChI=1S/C17H33N3O4/c1-4-6-13-20(24)17(22)11-10-16(21)18-12-8-7-9-14-19(23)15(3)5-2/h5,23-24H,4,6-14H2,1-3H3,(H,18,21)/b15-5+. The molecule has 0 saturated carbocycles. The lowest BCUT2D eigenvalue weighted by molar-refractivity contribution is -0.166. The summed E-state index contributed by atoms with van der Waals surface area (Å²) in [4.78, 5) is 23.2. The molecular formula is C17H33N3O4. The number of carbonyl (C=O) groups excluding carboxylic acids is 2. The van der Waals surface area contributed by atoms with E-state index < -0.39 is 5.91 Å². The lowest BCUT2D eigenvalue weighted by Gasteiger charge is -2.16. The summed E-state index contributed by atoms with van der Waals surface area (Å²) in [5.41, 5.74) is 0.824. The minimum absolute atomic E-state index is 0.0220.